The summed E-state index contributed by atoms with van der Waals surface area (Å²) in [4.78, 5) is 22.7. The van der Waals surface area contributed by atoms with Gasteiger partial charge >= 0.3 is 11.7 Å². The molecule has 0 aromatic carbocycles. The Balaban J connectivity index is 2.78. The molecule has 1 aromatic rings. The number of carbonyl (C=O) groups excluding carboxylic acids is 1. The minimum absolute atomic E-state index is 0.0728. The van der Waals surface area contributed by atoms with Crippen LogP contribution in [0.2, 0.25) is 0 Å². The van der Waals surface area contributed by atoms with Gasteiger partial charge in [0.2, 0.25) is 0 Å². The van der Waals surface area contributed by atoms with Gasteiger partial charge in [0.25, 0.3) is 0 Å². The van der Waals surface area contributed by atoms with Gasteiger partial charge in [0.05, 0.1) is 7.11 Å². The maximum Gasteiger partial charge on any atom is 0.333 e. The van der Waals surface area contributed by atoms with Gasteiger partial charge in [0, 0.05) is 31.1 Å². The van der Waals surface area contributed by atoms with Gasteiger partial charge in [-0.15, -0.1) is 0 Å². The van der Waals surface area contributed by atoms with Gasteiger partial charge in [0.15, 0.2) is 0 Å². The Morgan fingerprint density at radius 1 is 1.44 bits per heavy atom. The van der Waals surface area contributed by atoms with E-state index < -0.39 is 0 Å². The van der Waals surface area contributed by atoms with Crippen LogP contribution in [0.25, 0.3) is 0 Å². The van der Waals surface area contributed by atoms with E-state index in [4.69, 9.17) is 0 Å². The zero-order valence-corrected chi connectivity index (χ0v) is 9.77. The molecular weight excluding hydrogens is 208 g/mol. The van der Waals surface area contributed by atoms with E-state index in [0.29, 0.717) is 18.7 Å². The first-order valence-corrected chi connectivity index (χ1v) is 5.10. The second kappa shape index (κ2) is 5.34. The number of imidazole rings is 1. The maximum absolute atomic E-state index is 11.6. The molecule has 0 aliphatic heterocycles. The minimum Gasteiger partial charge on any atom is -0.466 e. The van der Waals surface area contributed by atoms with E-state index in [1.807, 2.05) is 6.92 Å². The van der Waals surface area contributed by atoms with E-state index in [0.717, 1.165) is 0 Å². The Labute approximate surface area is 93.9 Å². The number of ether oxygens (including phenoxy) is 1. The summed E-state index contributed by atoms with van der Waals surface area (Å²) in [5.74, 6) is -0.372. The molecule has 0 atom stereocenters. The van der Waals surface area contributed by atoms with Gasteiger partial charge in [0.1, 0.15) is 0 Å². The molecule has 0 aliphatic carbocycles. The molecule has 0 saturated heterocycles. The molecule has 0 unspecified atom stereocenters. The highest BCUT2D eigenvalue weighted by Gasteiger charge is 2.03. The number of aromatic nitrogens is 2. The lowest BCUT2D eigenvalue weighted by Gasteiger charge is -1.99. The summed E-state index contributed by atoms with van der Waals surface area (Å²) in [5, 5.41) is 0. The van der Waals surface area contributed by atoms with Crippen molar-refractivity contribution in [3.05, 3.63) is 34.5 Å². The van der Waals surface area contributed by atoms with Crippen molar-refractivity contribution in [3.8, 4) is 0 Å². The fourth-order valence-electron chi connectivity index (χ4n) is 1.31. The average molecular weight is 224 g/mol. The standard InChI is InChI=1S/C11H16N2O3/c1-4-12-7-8-13(11(12)15)6-5-9(2)10(14)16-3/h5,7-8H,4,6H2,1-3H3/b9-5-. The quantitative estimate of drug-likeness (QED) is 0.561. The summed E-state index contributed by atoms with van der Waals surface area (Å²) in [6.45, 7) is 4.59. The monoisotopic (exact) mass is 224 g/mol. The molecule has 0 fully saturated rings. The Kier molecular flexibility index (Phi) is 4.10. The molecule has 16 heavy (non-hydrogen) atoms. The van der Waals surface area contributed by atoms with E-state index in [1.54, 1.807) is 30.0 Å². The van der Waals surface area contributed by atoms with Crippen molar-refractivity contribution in [2.75, 3.05) is 7.11 Å². The highest BCUT2D eigenvalue weighted by atomic mass is 16.5. The fourth-order valence-corrected chi connectivity index (χ4v) is 1.31. The second-order valence-corrected chi connectivity index (χ2v) is 3.40. The summed E-state index contributed by atoms with van der Waals surface area (Å²) < 4.78 is 7.69. The van der Waals surface area contributed by atoms with Crippen molar-refractivity contribution in [1.82, 2.24) is 9.13 Å². The van der Waals surface area contributed by atoms with Gasteiger partial charge in [-0.2, -0.15) is 0 Å². The van der Waals surface area contributed by atoms with Gasteiger partial charge < -0.3 is 4.74 Å². The molecule has 0 saturated carbocycles. The van der Waals surface area contributed by atoms with Crippen LogP contribution in [0, 0.1) is 0 Å². The third-order valence-corrected chi connectivity index (χ3v) is 2.36. The van der Waals surface area contributed by atoms with E-state index in [9.17, 15) is 9.59 Å². The number of esters is 1. The van der Waals surface area contributed by atoms with Crippen molar-refractivity contribution < 1.29 is 9.53 Å². The lowest BCUT2D eigenvalue weighted by Crippen LogP contribution is -2.23. The molecule has 0 amide bonds. The van der Waals surface area contributed by atoms with Crippen molar-refractivity contribution >= 4 is 5.97 Å². The molecule has 0 aliphatic rings. The molecule has 88 valence electrons. The smallest absolute Gasteiger partial charge is 0.333 e. The van der Waals surface area contributed by atoms with Crippen LogP contribution in [0.3, 0.4) is 0 Å². The maximum atomic E-state index is 11.6. The molecule has 5 nitrogen and oxygen atoms in total. The van der Waals surface area contributed by atoms with Gasteiger partial charge in [-0.3, -0.25) is 9.13 Å². The Morgan fingerprint density at radius 3 is 2.56 bits per heavy atom. The molecule has 1 aromatic heterocycles. The first-order chi connectivity index (χ1) is 7.60. The van der Waals surface area contributed by atoms with Crippen LogP contribution in [0.15, 0.2) is 28.8 Å². The number of carbonyl (C=O) groups is 1. The van der Waals surface area contributed by atoms with E-state index in [-0.39, 0.29) is 11.7 Å². The number of nitrogens with zero attached hydrogens (tertiary/aromatic N) is 2. The molecule has 5 heteroatoms. The summed E-state index contributed by atoms with van der Waals surface area (Å²) in [5.41, 5.74) is 0.426. The SMILES string of the molecule is CCn1ccn(C/C=C(/C)C(=O)OC)c1=O. The number of rotatable bonds is 4. The third-order valence-electron chi connectivity index (χ3n) is 2.36. The summed E-state index contributed by atoms with van der Waals surface area (Å²) in [7, 11) is 1.33. The summed E-state index contributed by atoms with van der Waals surface area (Å²) in [6, 6.07) is 0. The predicted molar refractivity (Wildman–Crippen MR) is 60.1 cm³/mol. The van der Waals surface area contributed by atoms with Crippen LogP contribution in [0.1, 0.15) is 13.8 Å². The number of hydrogen-bond donors (Lipinski definition) is 0. The van der Waals surface area contributed by atoms with E-state index >= 15 is 0 Å². The van der Waals surface area contributed by atoms with Crippen molar-refractivity contribution in [2.45, 2.75) is 26.9 Å². The highest BCUT2D eigenvalue weighted by molar-refractivity contribution is 5.87. The molecule has 1 heterocycles. The Morgan fingerprint density at radius 2 is 2.06 bits per heavy atom. The number of allylic oxidation sites excluding steroid dienone is 1. The van der Waals surface area contributed by atoms with Gasteiger partial charge in [-0.1, -0.05) is 6.08 Å². The van der Waals surface area contributed by atoms with Gasteiger partial charge in [-0.05, 0) is 13.8 Å². The van der Waals surface area contributed by atoms with Crippen LogP contribution in [-0.4, -0.2) is 22.2 Å². The highest BCUT2D eigenvalue weighted by Crippen LogP contribution is 1.96. The number of hydrogen-bond acceptors (Lipinski definition) is 3. The lowest BCUT2D eigenvalue weighted by molar-refractivity contribution is -0.136. The first kappa shape index (κ1) is 12.3. The lowest BCUT2D eigenvalue weighted by atomic mass is 10.3. The summed E-state index contributed by atoms with van der Waals surface area (Å²) >= 11 is 0. The van der Waals surface area contributed by atoms with Crippen molar-refractivity contribution in [3.63, 3.8) is 0 Å². The summed E-state index contributed by atoms with van der Waals surface area (Å²) in [6.07, 6.45) is 5.10. The van der Waals surface area contributed by atoms with Crippen LogP contribution in [0.4, 0.5) is 0 Å². The van der Waals surface area contributed by atoms with Crippen molar-refractivity contribution in [2.24, 2.45) is 0 Å². The Hall–Kier alpha value is -1.78. The molecule has 0 radical (unpaired) electrons. The normalized spacial score (nSPS) is 11.6. The topological polar surface area (TPSA) is 53.2 Å². The number of methoxy groups -OCH3 is 1. The molecular formula is C11H16N2O3. The van der Waals surface area contributed by atoms with E-state index in [1.165, 1.54) is 11.7 Å². The van der Waals surface area contributed by atoms with E-state index in [2.05, 4.69) is 4.74 Å². The van der Waals surface area contributed by atoms with Gasteiger partial charge in [-0.25, -0.2) is 9.59 Å². The molecule has 0 spiro atoms. The predicted octanol–water partition coefficient (Wildman–Crippen LogP) is 0.789. The fraction of sp³-hybridized carbons (Fsp3) is 0.455. The van der Waals surface area contributed by atoms with Crippen LogP contribution >= 0.6 is 0 Å². The second-order valence-electron chi connectivity index (χ2n) is 3.40. The average Bonchev–Trinajstić information content (AvgIpc) is 2.65. The minimum atomic E-state index is -0.372. The first-order valence-electron chi connectivity index (χ1n) is 5.10. The zero-order valence-electron chi connectivity index (χ0n) is 9.77. The van der Waals surface area contributed by atoms with Crippen molar-refractivity contribution in [1.29, 1.82) is 0 Å². The third kappa shape index (κ3) is 2.62. The Bertz CT molecular complexity index is 454. The molecule has 1 rings (SSSR count). The zero-order chi connectivity index (χ0) is 12.1. The molecule has 0 bridgehead atoms. The van der Waals surface area contributed by atoms with Crippen LogP contribution < -0.4 is 5.69 Å². The van der Waals surface area contributed by atoms with Crippen LogP contribution in [-0.2, 0) is 22.6 Å². The largest absolute Gasteiger partial charge is 0.466 e. The number of aryl methyl sites for hydroxylation is 1. The molecule has 0 N–H and O–H groups in total. The van der Waals surface area contributed by atoms with Crippen LogP contribution in [0.5, 0.6) is 0 Å².